The Bertz CT molecular complexity index is 3620. The van der Waals surface area contributed by atoms with Crippen LogP contribution in [0.4, 0.5) is 0 Å². The lowest BCUT2D eigenvalue weighted by molar-refractivity contribution is 0.464. The van der Waals surface area contributed by atoms with E-state index in [9.17, 15) is 0 Å². The normalized spacial score (nSPS) is 13.0. The molecule has 4 aliphatic heterocycles. The van der Waals surface area contributed by atoms with Crippen LogP contribution >= 0.6 is 0 Å². The van der Waals surface area contributed by atoms with Crippen molar-refractivity contribution in [1.82, 2.24) is 19.6 Å². The molecular formula is C58H34B2N4O5. The summed E-state index contributed by atoms with van der Waals surface area (Å²) in [5.74, 6) is 7.10. The van der Waals surface area contributed by atoms with Gasteiger partial charge in [0.15, 0.2) is 0 Å². The molecule has 11 heteroatoms. The molecule has 0 N–H and O–H groups in total. The van der Waals surface area contributed by atoms with Crippen LogP contribution in [0.15, 0.2) is 211 Å². The molecule has 0 fully saturated rings. The van der Waals surface area contributed by atoms with Crippen molar-refractivity contribution in [3.05, 3.63) is 207 Å². The van der Waals surface area contributed by atoms with Crippen molar-refractivity contribution in [2.45, 2.75) is 0 Å². The maximum atomic E-state index is 6.61. The Kier molecular flexibility index (Phi) is 8.05. The van der Waals surface area contributed by atoms with Gasteiger partial charge in [0.1, 0.15) is 51.8 Å². The van der Waals surface area contributed by atoms with Crippen molar-refractivity contribution in [2.75, 3.05) is 0 Å². The zero-order chi connectivity index (χ0) is 45.2. The van der Waals surface area contributed by atoms with Crippen LogP contribution in [0.3, 0.4) is 0 Å². The van der Waals surface area contributed by atoms with Gasteiger partial charge >= 0.3 is 0 Å². The second-order valence-electron chi connectivity index (χ2n) is 17.8. The molecule has 0 aliphatic carbocycles. The lowest BCUT2D eigenvalue weighted by atomic mass is 9.34. The summed E-state index contributed by atoms with van der Waals surface area (Å²) < 4.78 is 36.7. The highest BCUT2D eigenvalue weighted by atomic mass is 16.5. The highest BCUT2D eigenvalue weighted by molar-refractivity contribution is 6.99. The number of nitrogens with zero attached hydrogens (tertiary/aromatic N) is 4. The zero-order valence-electron chi connectivity index (χ0n) is 36.6. The van der Waals surface area contributed by atoms with Gasteiger partial charge in [0.05, 0.1) is 30.0 Å². The van der Waals surface area contributed by atoms with Crippen molar-refractivity contribution in [1.29, 1.82) is 0 Å². The van der Waals surface area contributed by atoms with Crippen LogP contribution in [-0.2, 0) is 0 Å². The smallest absolute Gasteiger partial charge is 0.260 e. The highest BCUT2D eigenvalue weighted by Crippen LogP contribution is 2.39. The van der Waals surface area contributed by atoms with Gasteiger partial charge in [0, 0.05) is 45.6 Å². The average molecular weight is 889 g/mol. The maximum absolute atomic E-state index is 6.61. The number of furan rings is 1. The second kappa shape index (κ2) is 14.6. The summed E-state index contributed by atoms with van der Waals surface area (Å²) in [4.78, 5) is 0. The van der Waals surface area contributed by atoms with E-state index >= 15 is 0 Å². The van der Waals surface area contributed by atoms with Crippen LogP contribution in [-0.4, -0.2) is 33.0 Å². The van der Waals surface area contributed by atoms with Crippen molar-refractivity contribution in [3.63, 3.8) is 0 Å². The Morgan fingerprint density at radius 3 is 1.26 bits per heavy atom. The molecule has 15 rings (SSSR count). The third-order valence-corrected chi connectivity index (χ3v) is 13.9. The van der Waals surface area contributed by atoms with Crippen LogP contribution in [0.25, 0.3) is 56.1 Å². The summed E-state index contributed by atoms with van der Waals surface area (Å²) in [7, 11) is 0. The summed E-state index contributed by atoms with van der Waals surface area (Å²) >= 11 is 0. The van der Waals surface area contributed by atoms with Crippen LogP contribution in [0.2, 0.25) is 0 Å². The molecule has 69 heavy (non-hydrogen) atoms. The molecule has 0 saturated carbocycles. The van der Waals surface area contributed by atoms with Gasteiger partial charge in [-0.2, -0.15) is 10.2 Å². The van der Waals surface area contributed by atoms with Gasteiger partial charge in [-0.1, -0.05) is 91.0 Å². The molecule has 322 valence electrons. The fraction of sp³-hybridized carbons (Fsp3) is 0. The fourth-order valence-electron chi connectivity index (χ4n) is 10.6. The zero-order valence-corrected chi connectivity index (χ0v) is 36.6. The first-order chi connectivity index (χ1) is 34.1. The molecule has 0 radical (unpaired) electrons. The molecule has 9 nitrogen and oxygen atoms in total. The average Bonchev–Trinajstić information content (AvgIpc) is 4.22. The van der Waals surface area contributed by atoms with Gasteiger partial charge in [-0.05, 0) is 123 Å². The van der Waals surface area contributed by atoms with Gasteiger partial charge < -0.3 is 23.4 Å². The largest absolute Gasteiger partial charge is 0.464 e. The summed E-state index contributed by atoms with van der Waals surface area (Å²) in [6.07, 6.45) is 9.79. The number of fused-ring (bicyclic) bond motifs is 8. The molecule has 0 bridgehead atoms. The number of ether oxygens (including phenoxy) is 4. The summed E-state index contributed by atoms with van der Waals surface area (Å²) in [5.41, 5.74) is 15.3. The van der Waals surface area contributed by atoms with Crippen molar-refractivity contribution < 1.29 is 23.4 Å². The van der Waals surface area contributed by atoms with E-state index in [2.05, 4.69) is 103 Å². The number of hydrogen-bond acceptors (Lipinski definition) is 7. The molecule has 0 spiro atoms. The Morgan fingerprint density at radius 1 is 0.333 bits per heavy atom. The lowest BCUT2D eigenvalue weighted by Gasteiger charge is -2.33. The van der Waals surface area contributed by atoms with Crippen LogP contribution < -0.4 is 51.7 Å². The van der Waals surface area contributed by atoms with Gasteiger partial charge in [0.2, 0.25) is 0 Å². The third kappa shape index (κ3) is 6.00. The van der Waals surface area contributed by atoms with Gasteiger partial charge in [-0.3, -0.25) is 0 Å². The van der Waals surface area contributed by atoms with Crippen molar-refractivity contribution in [2.24, 2.45) is 0 Å². The molecule has 3 aromatic heterocycles. The summed E-state index contributed by atoms with van der Waals surface area (Å²) in [6.45, 7) is -0.299. The SMILES string of the molecule is c1ccc(-c2cnn(-c3ccc4c(c3)B3c5cc(-c6coc(-c7ccc8c(c7)B7c9cc(-n%10cc(-c%11ccccc%11)cn%10)ccc9Oc9cccc(c97)O8)c6)ccc5Oc5cccc(c53)O4)c2)cc1. The third-order valence-electron chi connectivity index (χ3n) is 13.9. The van der Waals surface area contributed by atoms with E-state index in [1.165, 1.54) is 0 Å². The number of benzene rings is 8. The van der Waals surface area contributed by atoms with E-state index in [-0.39, 0.29) is 13.4 Å². The minimum absolute atomic E-state index is 0.144. The fourth-order valence-corrected chi connectivity index (χ4v) is 10.6. The Morgan fingerprint density at radius 2 is 0.768 bits per heavy atom. The van der Waals surface area contributed by atoms with Crippen molar-refractivity contribution in [3.8, 4) is 102 Å². The van der Waals surface area contributed by atoms with Gasteiger partial charge in [0.25, 0.3) is 13.4 Å². The molecule has 0 amide bonds. The first-order valence-electron chi connectivity index (χ1n) is 23.0. The standard InChI is InChI=1S/C58H34B2N4O5/c1-3-9-35(10-4-1)40-30-61-63(32-40)42-19-23-50-46(28-42)59-44-25-37(17-21-48(44)66-52-13-7-15-54(68-50)57(52)59)39-27-56(65-34-39)38-18-22-49-45(26-38)60-47-29-43(64-33-41(31-62-64)36-11-5-2-6-12-36)20-24-51(47)69-55-16-8-14-53(67-49)58(55)60/h1-34H. The second-order valence-corrected chi connectivity index (χ2v) is 17.8. The predicted octanol–water partition coefficient (Wildman–Crippen LogP) is 9.77. The Hall–Kier alpha value is -9.21. The Labute approximate surface area is 396 Å². The van der Waals surface area contributed by atoms with E-state index in [0.717, 1.165) is 135 Å². The number of aromatic nitrogens is 4. The molecule has 4 aliphatic rings. The first kappa shape index (κ1) is 38.0. The van der Waals surface area contributed by atoms with E-state index in [1.54, 1.807) is 0 Å². The molecule has 8 aromatic carbocycles. The number of hydrogen-bond donors (Lipinski definition) is 0. The predicted molar refractivity (Wildman–Crippen MR) is 270 cm³/mol. The number of rotatable bonds is 6. The topological polar surface area (TPSA) is 85.7 Å². The minimum atomic E-state index is -0.155. The van der Waals surface area contributed by atoms with E-state index in [4.69, 9.17) is 33.6 Å². The highest BCUT2D eigenvalue weighted by Gasteiger charge is 2.42. The van der Waals surface area contributed by atoms with Crippen LogP contribution in [0.5, 0.6) is 46.0 Å². The van der Waals surface area contributed by atoms with E-state index < -0.39 is 0 Å². The monoisotopic (exact) mass is 888 g/mol. The molecule has 11 aromatic rings. The minimum Gasteiger partial charge on any atom is -0.464 e. The first-order valence-corrected chi connectivity index (χ1v) is 23.0. The maximum Gasteiger partial charge on any atom is 0.260 e. The van der Waals surface area contributed by atoms with Crippen LogP contribution in [0.1, 0.15) is 0 Å². The quantitative estimate of drug-likeness (QED) is 0.154. The van der Waals surface area contributed by atoms with Gasteiger partial charge in [-0.25, -0.2) is 9.36 Å². The molecule has 0 saturated heterocycles. The molecule has 0 atom stereocenters. The van der Waals surface area contributed by atoms with E-state index in [1.807, 2.05) is 113 Å². The van der Waals surface area contributed by atoms with E-state index in [0.29, 0.717) is 0 Å². The molecule has 0 unspecified atom stereocenters. The summed E-state index contributed by atoms with van der Waals surface area (Å²) in [5, 5.41) is 9.54. The summed E-state index contributed by atoms with van der Waals surface area (Å²) in [6, 6.07) is 60.1. The molecular weight excluding hydrogens is 854 g/mol. The Balaban J connectivity index is 0.787. The lowest BCUT2D eigenvalue weighted by Crippen LogP contribution is -2.57. The van der Waals surface area contributed by atoms with Gasteiger partial charge in [-0.15, -0.1) is 0 Å². The van der Waals surface area contributed by atoms with Crippen LogP contribution in [0, 0.1) is 0 Å². The van der Waals surface area contributed by atoms with Crippen molar-refractivity contribution >= 4 is 46.2 Å². The molecule has 7 heterocycles.